The molecule has 88 valence electrons. The topological polar surface area (TPSA) is 45.2 Å². The molecule has 1 aromatic heterocycles. The van der Waals surface area contributed by atoms with Crippen LogP contribution in [0.4, 0.5) is 0 Å². The van der Waals surface area contributed by atoms with Crippen molar-refractivity contribution >= 4 is 0 Å². The van der Waals surface area contributed by atoms with E-state index >= 15 is 0 Å². The van der Waals surface area contributed by atoms with Gasteiger partial charge >= 0.3 is 0 Å². The van der Waals surface area contributed by atoms with Crippen LogP contribution < -0.4 is 5.32 Å². The monoisotopic (exact) mass is 220 g/mol. The molecule has 1 aromatic rings. The minimum atomic E-state index is -0.122. The normalized spacial score (nSPS) is 28.9. The lowest BCUT2D eigenvalue weighted by molar-refractivity contribution is 0.112. The van der Waals surface area contributed by atoms with E-state index in [0.29, 0.717) is 0 Å². The van der Waals surface area contributed by atoms with Crippen LogP contribution in [-0.2, 0) is 5.41 Å². The molecule has 0 radical (unpaired) electrons. The molecule has 16 heavy (non-hydrogen) atoms. The summed E-state index contributed by atoms with van der Waals surface area (Å²) in [7, 11) is 0. The lowest BCUT2D eigenvalue weighted by atomic mass is 9.68. The molecule has 1 aliphatic rings. The van der Waals surface area contributed by atoms with Gasteiger partial charge in [0.2, 0.25) is 0 Å². The van der Waals surface area contributed by atoms with Crippen molar-refractivity contribution < 1.29 is 5.11 Å². The predicted molar refractivity (Wildman–Crippen MR) is 64.3 cm³/mol. The SMILES string of the molecule is CC1(C)CC(CO)(c2cccnc2)CCN1. The van der Waals surface area contributed by atoms with Gasteiger partial charge in [0.05, 0.1) is 6.61 Å². The number of nitrogens with one attached hydrogen (secondary N) is 1. The molecule has 2 rings (SSSR count). The summed E-state index contributed by atoms with van der Waals surface area (Å²) in [6.07, 6.45) is 5.58. The standard InChI is InChI=1S/C13H20N2O/c1-12(2)9-13(10-16,5-7-15-12)11-4-3-6-14-8-11/h3-4,6,8,15-16H,5,7,9-10H2,1-2H3. The van der Waals surface area contributed by atoms with Crippen LogP contribution in [0.5, 0.6) is 0 Å². The summed E-state index contributed by atoms with van der Waals surface area (Å²) in [5.74, 6) is 0. The second-order valence-electron chi connectivity index (χ2n) is 5.42. The fraction of sp³-hybridized carbons (Fsp3) is 0.615. The number of nitrogens with zero attached hydrogens (tertiary/aromatic N) is 1. The van der Waals surface area contributed by atoms with Crippen molar-refractivity contribution in [2.45, 2.75) is 37.6 Å². The van der Waals surface area contributed by atoms with E-state index in [1.165, 1.54) is 0 Å². The third-order valence-electron chi connectivity index (χ3n) is 3.56. The maximum atomic E-state index is 9.77. The van der Waals surface area contributed by atoms with Gasteiger partial charge in [-0.3, -0.25) is 4.98 Å². The van der Waals surface area contributed by atoms with E-state index < -0.39 is 0 Å². The molecular formula is C13H20N2O. The summed E-state index contributed by atoms with van der Waals surface area (Å²) in [4.78, 5) is 4.17. The van der Waals surface area contributed by atoms with Crippen LogP contribution in [0, 0.1) is 0 Å². The second-order valence-corrected chi connectivity index (χ2v) is 5.42. The fourth-order valence-electron chi connectivity index (χ4n) is 2.79. The number of aliphatic hydroxyl groups excluding tert-OH is 1. The van der Waals surface area contributed by atoms with Crippen LogP contribution in [0.3, 0.4) is 0 Å². The van der Waals surface area contributed by atoms with E-state index in [9.17, 15) is 5.11 Å². The van der Waals surface area contributed by atoms with Crippen LogP contribution >= 0.6 is 0 Å². The number of hydrogen-bond acceptors (Lipinski definition) is 3. The van der Waals surface area contributed by atoms with Gasteiger partial charge < -0.3 is 10.4 Å². The van der Waals surface area contributed by atoms with Crippen molar-refractivity contribution in [3.05, 3.63) is 30.1 Å². The van der Waals surface area contributed by atoms with Crippen LogP contribution in [-0.4, -0.2) is 28.8 Å². The number of rotatable bonds is 2. The Kier molecular flexibility index (Phi) is 3.00. The fourth-order valence-corrected chi connectivity index (χ4v) is 2.79. The van der Waals surface area contributed by atoms with E-state index in [1.807, 2.05) is 12.3 Å². The van der Waals surface area contributed by atoms with Crippen molar-refractivity contribution in [1.82, 2.24) is 10.3 Å². The molecule has 0 saturated carbocycles. The Labute approximate surface area is 96.9 Å². The molecule has 0 aromatic carbocycles. The lowest BCUT2D eigenvalue weighted by Crippen LogP contribution is -2.54. The number of hydrogen-bond donors (Lipinski definition) is 2. The van der Waals surface area contributed by atoms with Crippen molar-refractivity contribution in [3.8, 4) is 0 Å². The van der Waals surface area contributed by atoms with Crippen molar-refractivity contribution in [2.24, 2.45) is 0 Å². The van der Waals surface area contributed by atoms with Gasteiger partial charge in [0.1, 0.15) is 0 Å². The average Bonchev–Trinajstić information content (AvgIpc) is 2.29. The quantitative estimate of drug-likeness (QED) is 0.793. The average molecular weight is 220 g/mol. The van der Waals surface area contributed by atoms with Gasteiger partial charge in [-0.25, -0.2) is 0 Å². The first-order chi connectivity index (χ1) is 7.58. The molecule has 0 bridgehead atoms. The van der Waals surface area contributed by atoms with Crippen molar-refractivity contribution in [3.63, 3.8) is 0 Å². The van der Waals surface area contributed by atoms with Gasteiger partial charge in [-0.2, -0.15) is 0 Å². The molecule has 0 aliphatic carbocycles. The summed E-state index contributed by atoms with van der Waals surface area (Å²) in [5, 5.41) is 13.3. The first kappa shape index (κ1) is 11.6. The molecule has 1 fully saturated rings. The minimum absolute atomic E-state index is 0.0802. The number of pyridine rings is 1. The van der Waals surface area contributed by atoms with Crippen molar-refractivity contribution in [2.75, 3.05) is 13.2 Å². The maximum absolute atomic E-state index is 9.77. The Bertz CT molecular complexity index is 350. The number of aliphatic hydroxyl groups is 1. The van der Waals surface area contributed by atoms with E-state index in [-0.39, 0.29) is 17.6 Å². The van der Waals surface area contributed by atoms with E-state index in [0.717, 1.165) is 24.9 Å². The number of aromatic nitrogens is 1. The molecule has 1 aliphatic heterocycles. The van der Waals surface area contributed by atoms with Gasteiger partial charge in [0.15, 0.2) is 0 Å². The molecule has 3 nitrogen and oxygen atoms in total. The Morgan fingerprint density at radius 2 is 2.31 bits per heavy atom. The first-order valence-electron chi connectivity index (χ1n) is 5.84. The summed E-state index contributed by atoms with van der Waals surface area (Å²) in [6.45, 7) is 5.52. The molecule has 1 saturated heterocycles. The Morgan fingerprint density at radius 3 is 2.88 bits per heavy atom. The summed E-state index contributed by atoms with van der Waals surface area (Å²) in [5.41, 5.74) is 1.12. The van der Waals surface area contributed by atoms with Gasteiger partial charge in [-0.1, -0.05) is 6.07 Å². The molecular weight excluding hydrogens is 200 g/mol. The lowest BCUT2D eigenvalue weighted by Gasteiger charge is -2.45. The zero-order valence-electron chi connectivity index (χ0n) is 10.0. The zero-order chi connectivity index (χ0) is 11.6. The van der Waals surface area contributed by atoms with Gasteiger partial charge in [0.25, 0.3) is 0 Å². The highest BCUT2D eigenvalue weighted by Crippen LogP contribution is 2.38. The van der Waals surface area contributed by atoms with E-state index in [4.69, 9.17) is 0 Å². The molecule has 0 spiro atoms. The smallest absolute Gasteiger partial charge is 0.0529 e. The largest absolute Gasteiger partial charge is 0.395 e. The number of piperidine rings is 1. The third kappa shape index (κ3) is 2.11. The molecule has 3 heteroatoms. The third-order valence-corrected chi connectivity index (χ3v) is 3.56. The highest BCUT2D eigenvalue weighted by Gasteiger charge is 2.40. The maximum Gasteiger partial charge on any atom is 0.0529 e. The predicted octanol–water partition coefficient (Wildman–Crippen LogP) is 1.47. The van der Waals surface area contributed by atoms with Gasteiger partial charge in [-0.15, -0.1) is 0 Å². The molecule has 0 amide bonds. The highest BCUT2D eigenvalue weighted by molar-refractivity contribution is 5.24. The minimum Gasteiger partial charge on any atom is -0.395 e. The van der Waals surface area contributed by atoms with E-state index in [1.54, 1.807) is 6.20 Å². The van der Waals surface area contributed by atoms with Crippen LogP contribution in [0.2, 0.25) is 0 Å². The molecule has 2 N–H and O–H groups in total. The summed E-state index contributed by atoms with van der Waals surface area (Å²) in [6, 6.07) is 4.02. The highest BCUT2D eigenvalue weighted by atomic mass is 16.3. The summed E-state index contributed by atoms with van der Waals surface area (Å²) >= 11 is 0. The molecule has 1 atom stereocenters. The van der Waals surface area contributed by atoms with Crippen LogP contribution in [0.25, 0.3) is 0 Å². The molecule has 1 unspecified atom stereocenters. The summed E-state index contributed by atoms with van der Waals surface area (Å²) < 4.78 is 0. The zero-order valence-corrected chi connectivity index (χ0v) is 10.0. The van der Waals surface area contributed by atoms with Gasteiger partial charge in [-0.05, 0) is 44.9 Å². The Hall–Kier alpha value is -0.930. The second kappa shape index (κ2) is 4.15. The van der Waals surface area contributed by atoms with Crippen LogP contribution in [0.1, 0.15) is 32.3 Å². The first-order valence-corrected chi connectivity index (χ1v) is 5.84. The van der Waals surface area contributed by atoms with Crippen molar-refractivity contribution in [1.29, 1.82) is 0 Å². The van der Waals surface area contributed by atoms with E-state index in [2.05, 4.69) is 30.2 Å². The molecule has 2 heterocycles. The Balaban J connectivity index is 2.33. The van der Waals surface area contributed by atoms with Gasteiger partial charge in [0, 0.05) is 23.3 Å². The van der Waals surface area contributed by atoms with Crippen LogP contribution in [0.15, 0.2) is 24.5 Å². The Morgan fingerprint density at radius 1 is 1.50 bits per heavy atom.